The number of rotatable bonds is 9. The molecule has 6 nitrogen and oxygen atoms in total. The Morgan fingerprint density at radius 1 is 1.15 bits per heavy atom. The number of allylic oxidation sites excluding steroid dienone is 2. The Morgan fingerprint density at radius 3 is 2.48 bits per heavy atom. The van der Waals surface area contributed by atoms with E-state index in [4.69, 9.17) is 14.2 Å². The lowest BCUT2D eigenvalue weighted by molar-refractivity contribution is -0.0210. The predicted octanol–water partition coefficient (Wildman–Crippen LogP) is 3.63. The molecule has 1 aromatic rings. The minimum absolute atomic E-state index is 0.0238. The fourth-order valence-electron chi connectivity index (χ4n) is 4.12. The molecule has 0 bridgehead atoms. The maximum Gasteiger partial charge on any atom is 0.359 e. The molecule has 6 heteroatoms. The van der Waals surface area contributed by atoms with Crippen molar-refractivity contribution < 1.29 is 19.0 Å². The summed E-state index contributed by atoms with van der Waals surface area (Å²) < 4.78 is 18.8. The van der Waals surface area contributed by atoms with Crippen LogP contribution in [0, 0.1) is 5.41 Å². The van der Waals surface area contributed by atoms with Gasteiger partial charge in [-0.15, -0.1) is 0 Å². The molecule has 2 heterocycles. The van der Waals surface area contributed by atoms with Gasteiger partial charge >= 0.3 is 5.97 Å². The Bertz CT molecular complexity index is 685. The Kier molecular flexibility index (Phi) is 6.71. The molecule has 150 valence electrons. The molecule has 0 N–H and O–H groups in total. The summed E-state index contributed by atoms with van der Waals surface area (Å²) in [5, 5.41) is 4.57. The lowest BCUT2D eigenvalue weighted by Gasteiger charge is -2.36. The summed E-state index contributed by atoms with van der Waals surface area (Å²) in [7, 11) is 0. The highest BCUT2D eigenvalue weighted by atomic mass is 16.5. The Morgan fingerprint density at radius 2 is 1.89 bits per heavy atom. The quantitative estimate of drug-likeness (QED) is 0.616. The van der Waals surface area contributed by atoms with Gasteiger partial charge in [-0.3, -0.25) is 4.68 Å². The largest absolute Gasteiger partial charge is 0.461 e. The molecule has 0 saturated carbocycles. The summed E-state index contributed by atoms with van der Waals surface area (Å²) in [5.41, 5.74) is 3.94. The number of esters is 1. The summed E-state index contributed by atoms with van der Waals surface area (Å²) in [5.74, 6) is -0.309. The number of nitrogens with zero attached hydrogens (tertiary/aromatic N) is 2. The maximum atomic E-state index is 12.5. The highest BCUT2D eigenvalue weighted by Crippen LogP contribution is 2.42. The van der Waals surface area contributed by atoms with Crippen LogP contribution in [0.1, 0.15) is 68.2 Å². The van der Waals surface area contributed by atoms with Gasteiger partial charge in [-0.1, -0.05) is 6.08 Å². The molecular weight excluding hydrogens is 344 g/mol. The number of carbonyl (C=O) groups excluding carboxylic acids is 1. The van der Waals surface area contributed by atoms with Gasteiger partial charge in [-0.05, 0) is 58.4 Å². The van der Waals surface area contributed by atoms with Gasteiger partial charge < -0.3 is 14.2 Å². The van der Waals surface area contributed by atoms with E-state index in [0.717, 1.165) is 44.2 Å². The van der Waals surface area contributed by atoms with E-state index < -0.39 is 0 Å². The van der Waals surface area contributed by atoms with E-state index in [0.29, 0.717) is 38.7 Å². The van der Waals surface area contributed by atoms with Crippen LogP contribution in [-0.2, 0) is 27.2 Å². The summed E-state index contributed by atoms with van der Waals surface area (Å²) in [4.78, 5) is 12.5. The molecule has 0 fully saturated rings. The van der Waals surface area contributed by atoms with Gasteiger partial charge in [0.15, 0.2) is 5.69 Å². The summed E-state index contributed by atoms with van der Waals surface area (Å²) in [6.45, 7) is 9.99. The van der Waals surface area contributed by atoms with Gasteiger partial charge in [0.1, 0.15) is 0 Å². The number of fused-ring (bicyclic) bond motifs is 1. The van der Waals surface area contributed by atoms with Gasteiger partial charge in [-0.2, -0.15) is 5.10 Å². The standard InChI is InChI=1S/C21H32N2O4/c1-4-25-14-21(15-26-5-2)11-9-16(10-12-21)18-17-8-7-13-23(17)22-19(18)20(24)27-6-3/h9H,4-8,10-15H2,1-3H3. The monoisotopic (exact) mass is 376 g/mol. The average Bonchev–Trinajstić information content (AvgIpc) is 3.27. The smallest absolute Gasteiger partial charge is 0.359 e. The average molecular weight is 376 g/mol. The number of hydrogen-bond acceptors (Lipinski definition) is 5. The van der Waals surface area contributed by atoms with Gasteiger partial charge in [0, 0.05) is 36.4 Å². The molecule has 1 aliphatic heterocycles. The second-order valence-electron chi connectivity index (χ2n) is 7.43. The Labute approximate surface area is 161 Å². The highest BCUT2D eigenvalue weighted by molar-refractivity contribution is 5.94. The van der Waals surface area contributed by atoms with Crippen molar-refractivity contribution in [3.8, 4) is 0 Å². The molecule has 2 aliphatic rings. The molecule has 1 aliphatic carbocycles. The third kappa shape index (κ3) is 4.27. The van der Waals surface area contributed by atoms with E-state index in [2.05, 4.69) is 11.2 Å². The van der Waals surface area contributed by atoms with E-state index in [1.165, 1.54) is 11.3 Å². The molecule has 0 saturated heterocycles. The molecule has 1 aromatic heterocycles. The Hall–Kier alpha value is -1.66. The molecule has 0 amide bonds. The van der Waals surface area contributed by atoms with Crippen molar-refractivity contribution in [1.29, 1.82) is 0 Å². The zero-order chi connectivity index (χ0) is 19.3. The molecule has 27 heavy (non-hydrogen) atoms. The first kappa shape index (κ1) is 20.1. The van der Waals surface area contributed by atoms with Crippen LogP contribution in [0.4, 0.5) is 0 Å². The molecule has 0 aromatic carbocycles. The minimum Gasteiger partial charge on any atom is -0.461 e. The SMILES string of the molecule is CCOCC1(COCC)CC=C(c2c(C(=O)OCC)nn3c2CCC3)CC1. The van der Waals surface area contributed by atoms with Crippen LogP contribution in [0.25, 0.3) is 5.57 Å². The van der Waals surface area contributed by atoms with E-state index >= 15 is 0 Å². The number of aryl methyl sites for hydroxylation is 1. The molecule has 3 rings (SSSR count). The third-order valence-electron chi connectivity index (χ3n) is 5.56. The van der Waals surface area contributed by atoms with Gasteiger partial charge in [0.2, 0.25) is 0 Å². The maximum absolute atomic E-state index is 12.5. The van der Waals surface area contributed by atoms with Crippen molar-refractivity contribution in [3.63, 3.8) is 0 Å². The van der Waals surface area contributed by atoms with Crippen molar-refractivity contribution in [1.82, 2.24) is 9.78 Å². The lowest BCUT2D eigenvalue weighted by Crippen LogP contribution is -2.34. The van der Waals surface area contributed by atoms with Gasteiger partial charge in [-0.25, -0.2) is 4.79 Å². The zero-order valence-electron chi connectivity index (χ0n) is 16.9. The lowest BCUT2D eigenvalue weighted by atomic mass is 9.74. The summed E-state index contributed by atoms with van der Waals surface area (Å²) in [6.07, 6.45) is 7.14. The fraction of sp³-hybridized carbons (Fsp3) is 0.714. The Balaban J connectivity index is 1.87. The molecule has 0 spiro atoms. The van der Waals surface area contributed by atoms with Gasteiger partial charge in [0.05, 0.1) is 19.8 Å². The van der Waals surface area contributed by atoms with Crippen LogP contribution in [0.15, 0.2) is 6.08 Å². The van der Waals surface area contributed by atoms with Crippen LogP contribution in [0.5, 0.6) is 0 Å². The first-order chi connectivity index (χ1) is 13.1. The van der Waals surface area contributed by atoms with E-state index in [-0.39, 0.29) is 11.4 Å². The second kappa shape index (κ2) is 9.02. The molecule has 0 unspecified atom stereocenters. The van der Waals surface area contributed by atoms with Gasteiger partial charge in [0.25, 0.3) is 0 Å². The van der Waals surface area contributed by atoms with Crippen molar-refractivity contribution in [2.45, 2.75) is 59.4 Å². The number of ether oxygens (including phenoxy) is 3. The fourth-order valence-corrected chi connectivity index (χ4v) is 4.12. The van der Waals surface area contributed by atoms with Crippen molar-refractivity contribution in [2.75, 3.05) is 33.0 Å². The molecule has 0 radical (unpaired) electrons. The van der Waals surface area contributed by atoms with Crippen molar-refractivity contribution >= 4 is 11.5 Å². The molecular formula is C21H32N2O4. The first-order valence-corrected chi connectivity index (χ1v) is 10.3. The number of aromatic nitrogens is 2. The molecule has 0 atom stereocenters. The van der Waals surface area contributed by atoms with Crippen molar-refractivity contribution in [2.24, 2.45) is 5.41 Å². The van der Waals surface area contributed by atoms with Crippen molar-refractivity contribution in [3.05, 3.63) is 23.0 Å². The van der Waals surface area contributed by atoms with Crippen LogP contribution in [0.3, 0.4) is 0 Å². The second-order valence-corrected chi connectivity index (χ2v) is 7.43. The van der Waals surface area contributed by atoms with Crippen LogP contribution in [0.2, 0.25) is 0 Å². The van der Waals surface area contributed by atoms with Crippen LogP contribution >= 0.6 is 0 Å². The number of carbonyl (C=O) groups is 1. The first-order valence-electron chi connectivity index (χ1n) is 10.3. The number of hydrogen-bond donors (Lipinski definition) is 0. The third-order valence-corrected chi connectivity index (χ3v) is 5.56. The van der Waals surface area contributed by atoms with E-state index in [9.17, 15) is 4.79 Å². The highest BCUT2D eigenvalue weighted by Gasteiger charge is 2.36. The van der Waals surface area contributed by atoms with E-state index in [1.807, 2.05) is 25.5 Å². The van der Waals surface area contributed by atoms with Crippen LogP contribution < -0.4 is 0 Å². The minimum atomic E-state index is -0.309. The van der Waals surface area contributed by atoms with Crippen LogP contribution in [-0.4, -0.2) is 48.8 Å². The van der Waals surface area contributed by atoms with E-state index in [1.54, 1.807) is 0 Å². The summed E-state index contributed by atoms with van der Waals surface area (Å²) >= 11 is 0. The summed E-state index contributed by atoms with van der Waals surface area (Å²) in [6, 6.07) is 0. The topological polar surface area (TPSA) is 62.6 Å². The predicted molar refractivity (Wildman–Crippen MR) is 104 cm³/mol. The zero-order valence-corrected chi connectivity index (χ0v) is 16.9. The normalized spacial score (nSPS) is 18.3.